The Bertz CT molecular complexity index is 621. The van der Waals surface area contributed by atoms with Crippen LogP contribution in [0.1, 0.15) is 18.9 Å². The van der Waals surface area contributed by atoms with Crippen LogP contribution in [0.15, 0.2) is 66.7 Å². The number of ether oxygens (including phenoxy) is 1. The molecule has 0 saturated heterocycles. The maximum absolute atomic E-state index is 11.3. The van der Waals surface area contributed by atoms with Crippen molar-refractivity contribution in [1.82, 2.24) is 0 Å². The first-order chi connectivity index (χ1) is 11.2. The standard InChI is InChI=1S/C19H20O2.CH3Si/c1-15(2)19(20)21-14-8-12-17-11-6-7-13-18(17)16-9-4-3-5-10-16;1-2/h3-7,9-11,13H,1,8,12,14H2,2H3;1H3. The molecule has 0 unspecified atom stereocenters. The van der Waals surface area contributed by atoms with E-state index in [1.54, 1.807) is 13.5 Å². The van der Waals surface area contributed by atoms with Gasteiger partial charge in [-0.05, 0) is 36.5 Å². The quantitative estimate of drug-likeness (QED) is 0.336. The van der Waals surface area contributed by atoms with Crippen molar-refractivity contribution < 1.29 is 9.53 Å². The molecule has 0 atom stereocenters. The van der Waals surface area contributed by atoms with Crippen molar-refractivity contribution in [2.45, 2.75) is 26.3 Å². The normalized spacial score (nSPS) is 9.52. The third-order valence-corrected chi connectivity index (χ3v) is 3.27. The van der Waals surface area contributed by atoms with E-state index >= 15 is 0 Å². The molecule has 0 heterocycles. The second-order valence-corrected chi connectivity index (χ2v) is 5.04. The van der Waals surface area contributed by atoms with Gasteiger partial charge in [-0.2, -0.15) is 0 Å². The number of carbonyl (C=O) groups is 1. The van der Waals surface area contributed by atoms with Gasteiger partial charge in [-0.3, -0.25) is 0 Å². The Balaban J connectivity index is 0.00000127. The number of carbonyl (C=O) groups excluding carboxylic acids is 1. The Hall–Kier alpha value is -2.13. The summed E-state index contributed by atoms with van der Waals surface area (Å²) in [6, 6.07) is 18.7. The molecule has 0 saturated carbocycles. The van der Waals surface area contributed by atoms with E-state index in [1.807, 2.05) is 30.3 Å². The van der Waals surface area contributed by atoms with Gasteiger partial charge in [0.25, 0.3) is 0 Å². The molecule has 2 aromatic rings. The van der Waals surface area contributed by atoms with E-state index in [0.29, 0.717) is 12.2 Å². The highest BCUT2D eigenvalue weighted by atomic mass is 28.1. The molecule has 2 aromatic carbocycles. The van der Waals surface area contributed by atoms with Gasteiger partial charge in [0.15, 0.2) is 0 Å². The SMILES string of the molecule is C=C(C)C(=O)OCCCc1ccccc1-c1ccccc1.C[Si]. The summed E-state index contributed by atoms with van der Waals surface area (Å²) in [5, 5.41) is 0. The monoisotopic (exact) mass is 323 g/mol. The molecular weight excluding hydrogens is 300 g/mol. The molecule has 0 aliphatic heterocycles. The van der Waals surface area contributed by atoms with Gasteiger partial charge in [-0.1, -0.05) is 67.7 Å². The van der Waals surface area contributed by atoms with Gasteiger partial charge in [0, 0.05) is 15.8 Å². The largest absolute Gasteiger partial charge is 0.462 e. The highest BCUT2D eigenvalue weighted by molar-refractivity contribution is 6.05. The van der Waals surface area contributed by atoms with E-state index in [2.05, 4.69) is 41.1 Å². The van der Waals surface area contributed by atoms with Crippen molar-refractivity contribution >= 4 is 16.2 Å². The Labute approximate surface area is 142 Å². The van der Waals surface area contributed by atoms with Crippen molar-refractivity contribution in [1.29, 1.82) is 0 Å². The van der Waals surface area contributed by atoms with Gasteiger partial charge >= 0.3 is 5.97 Å². The third kappa shape index (κ3) is 6.25. The molecule has 0 amide bonds. The average Bonchev–Trinajstić information content (AvgIpc) is 2.61. The second kappa shape index (κ2) is 10.6. The van der Waals surface area contributed by atoms with Gasteiger partial charge in [0.05, 0.1) is 6.61 Å². The lowest BCUT2D eigenvalue weighted by molar-refractivity contribution is -0.139. The fraction of sp³-hybridized carbons (Fsp3) is 0.250. The number of hydrogen-bond acceptors (Lipinski definition) is 2. The Morgan fingerprint density at radius 3 is 2.30 bits per heavy atom. The molecule has 2 rings (SSSR count). The van der Waals surface area contributed by atoms with Gasteiger partial charge in [-0.25, -0.2) is 4.79 Å². The molecule has 0 aromatic heterocycles. The average molecular weight is 323 g/mol. The van der Waals surface area contributed by atoms with Crippen LogP contribution in [0.25, 0.3) is 11.1 Å². The summed E-state index contributed by atoms with van der Waals surface area (Å²) in [5.74, 6) is -0.314. The second-order valence-electron chi connectivity index (χ2n) is 5.04. The Morgan fingerprint density at radius 2 is 1.65 bits per heavy atom. The summed E-state index contributed by atoms with van der Waals surface area (Å²) in [6.07, 6.45) is 1.69. The summed E-state index contributed by atoms with van der Waals surface area (Å²) in [6.45, 7) is 7.46. The van der Waals surface area contributed by atoms with Crippen molar-refractivity contribution in [3.8, 4) is 11.1 Å². The lowest BCUT2D eigenvalue weighted by atomic mass is 9.97. The highest BCUT2D eigenvalue weighted by Gasteiger charge is 2.06. The summed E-state index contributed by atoms with van der Waals surface area (Å²) in [5.41, 5.74) is 4.17. The smallest absolute Gasteiger partial charge is 0.333 e. The molecule has 3 heteroatoms. The fourth-order valence-electron chi connectivity index (χ4n) is 2.19. The minimum absolute atomic E-state index is 0.314. The summed E-state index contributed by atoms with van der Waals surface area (Å²) in [7, 11) is 2.97. The molecule has 23 heavy (non-hydrogen) atoms. The maximum atomic E-state index is 11.3. The van der Waals surface area contributed by atoms with E-state index in [0.717, 1.165) is 12.8 Å². The molecule has 0 fully saturated rings. The molecular formula is C20H23O2Si. The lowest BCUT2D eigenvalue weighted by Gasteiger charge is -2.10. The molecule has 0 aliphatic carbocycles. The maximum Gasteiger partial charge on any atom is 0.333 e. The molecule has 2 nitrogen and oxygen atoms in total. The first-order valence-corrected chi connectivity index (χ1v) is 8.64. The summed E-state index contributed by atoms with van der Waals surface area (Å²) in [4.78, 5) is 11.3. The van der Waals surface area contributed by atoms with Crippen molar-refractivity contribution in [2.24, 2.45) is 0 Å². The van der Waals surface area contributed by atoms with Crippen molar-refractivity contribution in [3.05, 3.63) is 72.3 Å². The van der Waals surface area contributed by atoms with Crippen LogP contribution >= 0.6 is 0 Å². The predicted octanol–water partition coefficient (Wildman–Crippen LogP) is 4.61. The van der Waals surface area contributed by atoms with Crippen LogP contribution in [0.2, 0.25) is 6.55 Å². The number of benzene rings is 2. The fourth-order valence-corrected chi connectivity index (χ4v) is 2.19. The Kier molecular flexibility index (Phi) is 8.69. The van der Waals surface area contributed by atoms with Crippen LogP contribution in [-0.2, 0) is 16.0 Å². The van der Waals surface area contributed by atoms with Gasteiger partial charge in [-0.15, -0.1) is 0 Å². The molecule has 0 spiro atoms. The number of aryl methyl sites for hydroxylation is 1. The molecule has 119 valence electrons. The predicted molar refractivity (Wildman–Crippen MR) is 97.6 cm³/mol. The molecule has 3 radical (unpaired) electrons. The number of rotatable bonds is 6. The number of esters is 1. The highest BCUT2D eigenvalue weighted by Crippen LogP contribution is 2.24. The molecule has 0 bridgehead atoms. The van der Waals surface area contributed by atoms with E-state index in [9.17, 15) is 4.79 Å². The zero-order valence-electron chi connectivity index (χ0n) is 13.8. The van der Waals surface area contributed by atoms with Gasteiger partial charge < -0.3 is 4.74 Å². The van der Waals surface area contributed by atoms with Crippen LogP contribution in [0.5, 0.6) is 0 Å². The first kappa shape index (κ1) is 18.9. The van der Waals surface area contributed by atoms with Crippen LogP contribution < -0.4 is 0 Å². The molecule has 0 N–H and O–H groups in total. The van der Waals surface area contributed by atoms with Crippen LogP contribution in [-0.4, -0.2) is 22.8 Å². The van der Waals surface area contributed by atoms with Gasteiger partial charge in [0.2, 0.25) is 0 Å². The van der Waals surface area contributed by atoms with E-state index < -0.39 is 0 Å². The van der Waals surface area contributed by atoms with Crippen molar-refractivity contribution in [2.75, 3.05) is 6.61 Å². The third-order valence-electron chi connectivity index (χ3n) is 3.27. The Morgan fingerprint density at radius 1 is 1.04 bits per heavy atom. The first-order valence-electron chi connectivity index (χ1n) is 7.64. The summed E-state index contributed by atoms with van der Waals surface area (Å²) < 4.78 is 5.13. The van der Waals surface area contributed by atoms with Crippen LogP contribution in [0.4, 0.5) is 0 Å². The van der Waals surface area contributed by atoms with E-state index in [-0.39, 0.29) is 5.97 Å². The van der Waals surface area contributed by atoms with Crippen LogP contribution in [0.3, 0.4) is 0 Å². The minimum Gasteiger partial charge on any atom is -0.462 e. The van der Waals surface area contributed by atoms with E-state index in [4.69, 9.17) is 4.74 Å². The van der Waals surface area contributed by atoms with Gasteiger partial charge in [0.1, 0.15) is 0 Å². The lowest BCUT2D eigenvalue weighted by Crippen LogP contribution is -2.07. The molecule has 0 aliphatic rings. The number of hydrogen-bond donors (Lipinski definition) is 0. The van der Waals surface area contributed by atoms with E-state index in [1.165, 1.54) is 16.7 Å². The van der Waals surface area contributed by atoms with Crippen molar-refractivity contribution in [3.63, 3.8) is 0 Å². The zero-order valence-corrected chi connectivity index (χ0v) is 14.8. The van der Waals surface area contributed by atoms with Crippen LogP contribution in [0, 0.1) is 0 Å². The zero-order chi connectivity index (χ0) is 17.1. The minimum atomic E-state index is -0.314. The summed E-state index contributed by atoms with van der Waals surface area (Å²) >= 11 is 0. The topological polar surface area (TPSA) is 26.3 Å².